The lowest BCUT2D eigenvalue weighted by Crippen LogP contribution is -2.40. The van der Waals surface area contributed by atoms with Crippen LogP contribution in [-0.4, -0.2) is 45.3 Å². The maximum Gasteiger partial charge on any atom is 0.305 e. The van der Waals surface area contributed by atoms with Crippen LogP contribution < -0.4 is 14.7 Å². The molecule has 0 fully saturated rings. The van der Waals surface area contributed by atoms with E-state index < -0.39 is 0 Å². The zero-order chi connectivity index (χ0) is 42.6. The topological polar surface area (TPSA) is 62.3 Å². The Labute approximate surface area is 357 Å². The second-order valence-corrected chi connectivity index (χ2v) is 17.5. The van der Waals surface area contributed by atoms with Gasteiger partial charge in [-0.25, -0.2) is 0 Å². The minimum absolute atomic E-state index is 0.0811. The quantitative estimate of drug-likeness (QED) is 0.118. The van der Waals surface area contributed by atoms with Gasteiger partial charge in [-0.3, -0.25) is 9.59 Å². The zero-order valence-corrected chi connectivity index (χ0v) is 36.8. The molecule has 0 saturated heterocycles. The molecule has 3 aliphatic rings. The fourth-order valence-corrected chi connectivity index (χ4v) is 9.50. The molecular formula is C53H61N3O4. The molecule has 2 aliphatic heterocycles. The average Bonchev–Trinajstić information content (AvgIpc) is 3.80. The molecule has 7 rings (SSSR count). The number of aryl methyl sites for hydroxylation is 2. The highest BCUT2D eigenvalue weighted by Gasteiger charge is 2.43. The summed E-state index contributed by atoms with van der Waals surface area (Å²) < 4.78 is 10.0. The van der Waals surface area contributed by atoms with E-state index in [1.54, 1.807) is 0 Å². The molecule has 7 nitrogen and oxygen atoms in total. The van der Waals surface area contributed by atoms with Crippen LogP contribution in [0.1, 0.15) is 88.5 Å². The largest absolute Gasteiger partial charge is 0.469 e. The van der Waals surface area contributed by atoms with Gasteiger partial charge in [-0.2, -0.15) is 0 Å². The van der Waals surface area contributed by atoms with Crippen LogP contribution in [0, 0.1) is 13.8 Å². The molecule has 0 amide bonds. The predicted molar refractivity (Wildman–Crippen MR) is 246 cm³/mol. The van der Waals surface area contributed by atoms with Crippen LogP contribution in [-0.2, 0) is 29.9 Å². The predicted octanol–water partition coefficient (Wildman–Crippen LogP) is 11.7. The third-order valence-electron chi connectivity index (χ3n) is 12.7. The van der Waals surface area contributed by atoms with Crippen molar-refractivity contribution in [1.29, 1.82) is 0 Å². The van der Waals surface area contributed by atoms with Crippen molar-refractivity contribution in [2.24, 2.45) is 0 Å². The van der Waals surface area contributed by atoms with Crippen molar-refractivity contribution in [3.63, 3.8) is 0 Å². The minimum atomic E-state index is -0.244. The number of benzene rings is 4. The number of esters is 2. The number of carbonyl (C=O) groups is 2. The van der Waals surface area contributed by atoms with Crippen LogP contribution in [0.15, 0.2) is 144 Å². The van der Waals surface area contributed by atoms with Gasteiger partial charge in [0.05, 0.1) is 26.0 Å². The van der Waals surface area contributed by atoms with E-state index in [9.17, 15) is 9.59 Å². The normalized spacial score (nSPS) is 19.0. The molecule has 1 atom stereocenters. The van der Waals surface area contributed by atoms with Gasteiger partial charge in [0, 0.05) is 65.2 Å². The maximum absolute atomic E-state index is 12.2. The molecule has 312 valence electrons. The Morgan fingerprint density at radius 1 is 0.717 bits per heavy atom. The third-order valence-corrected chi connectivity index (χ3v) is 12.7. The number of fused-ring (bicyclic) bond motifs is 2. The van der Waals surface area contributed by atoms with Gasteiger partial charge < -0.3 is 24.2 Å². The van der Waals surface area contributed by atoms with E-state index >= 15 is 0 Å². The van der Waals surface area contributed by atoms with E-state index in [1.807, 2.05) is 0 Å². The highest BCUT2D eigenvalue weighted by Crippen LogP contribution is 2.50. The monoisotopic (exact) mass is 803 g/mol. The van der Waals surface area contributed by atoms with E-state index in [0.717, 1.165) is 37.3 Å². The van der Waals surface area contributed by atoms with Gasteiger partial charge in [-0.15, -0.1) is 0 Å². The Hall–Kier alpha value is -5.82. The fraction of sp³-hybridized carbons (Fsp3) is 0.358. The van der Waals surface area contributed by atoms with Crippen LogP contribution in [0.25, 0.3) is 0 Å². The van der Waals surface area contributed by atoms with Gasteiger partial charge in [0.25, 0.3) is 0 Å². The van der Waals surface area contributed by atoms with Crippen molar-refractivity contribution in [3.8, 4) is 0 Å². The second kappa shape index (κ2) is 17.8. The molecule has 1 aliphatic carbocycles. The molecule has 0 aromatic heterocycles. The first-order valence-corrected chi connectivity index (χ1v) is 21.5. The number of hydrogen-bond donors (Lipinski definition) is 0. The lowest BCUT2D eigenvalue weighted by molar-refractivity contribution is -0.141. The summed E-state index contributed by atoms with van der Waals surface area (Å²) in [6.07, 6.45) is 13.5. The Morgan fingerprint density at radius 3 is 1.88 bits per heavy atom. The molecule has 0 saturated carbocycles. The zero-order valence-electron chi connectivity index (χ0n) is 36.8. The number of nitrogens with zero attached hydrogens (tertiary/aromatic N) is 3. The van der Waals surface area contributed by atoms with Gasteiger partial charge >= 0.3 is 11.9 Å². The summed E-state index contributed by atoms with van der Waals surface area (Å²) in [7, 11) is 2.92. The number of ether oxygens (including phenoxy) is 2. The second-order valence-electron chi connectivity index (χ2n) is 17.5. The van der Waals surface area contributed by atoms with Gasteiger partial charge in [0.2, 0.25) is 0 Å². The summed E-state index contributed by atoms with van der Waals surface area (Å²) in [4.78, 5) is 31.7. The van der Waals surface area contributed by atoms with Crippen LogP contribution in [0.2, 0.25) is 0 Å². The van der Waals surface area contributed by atoms with Gasteiger partial charge in [-0.1, -0.05) is 118 Å². The van der Waals surface area contributed by atoms with Crippen molar-refractivity contribution in [1.82, 2.24) is 0 Å². The molecular weight excluding hydrogens is 743 g/mol. The molecule has 4 aromatic carbocycles. The number of rotatable bonds is 14. The number of carbonyl (C=O) groups excluding carboxylic acids is 2. The SMILES string of the molecule is COC(=O)CCCN1/C(=C/C=C2\CCC(/C=C/C3N(CCCC(=O)OC)c4ccc(C)cc4C3(C)C)=C2N(c2ccccc2)c2ccccc2)C(C)(C)c2cc(C)ccc21. The molecule has 4 aromatic rings. The number of anilines is 4. The molecule has 0 radical (unpaired) electrons. The molecule has 7 heteroatoms. The van der Waals surface area contributed by atoms with Crippen molar-refractivity contribution in [3.05, 3.63) is 166 Å². The van der Waals surface area contributed by atoms with E-state index in [0.29, 0.717) is 25.7 Å². The average molecular weight is 804 g/mol. The Kier molecular flexibility index (Phi) is 12.6. The minimum Gasteiger partial charge on any atom is -0.469 e. The summed E-state index contributed by atoms with van der Waals surface area (Å²) in [5.74, 6) is -0.358. The molecule has 60 heavy (non-hydrogen) atoms. The highest BCUT2D eigenvalue weighted by molar-refractivity contribution is 5.76. The summed E-state index contributed by atoms with van der Waals surface area (Å²) in [5.41, 5.74) is 14.3. The van der Waals surface area contributed by atoms with E-state index in [-0.39, 0.29) is 28.8 Å². The van der Waals surface area contributed by atoms with E-state index in [1.165, 1.54) is 70.4 Å². The van der Waals surface area contributed by atoms with Gasteiger partial charge in [0.1, 0.15) is 0 Å². The molecule has 0 N–H and O–H groups in total. The fourth-order valence-electron chi connectivity index (χ4n) is 9.50. The first kappa shape index (κ1) is 42.3. The maximum atomic E-state index is 12.2. The lowest BCUT2D eigenvalue weighted by atomic mass is 9.79. The standard InChI is InChI=1S/C53H61N3O4/c1-37-23-29-45-43(35-37)52(3,4)47(54(45)33-15-21-49(57)59-7)31-27-39-25-26-40(51(39)56(41-17-11-9-12-18-41)42-19-13-10-14-20-42)28-32-48-53(5,6)44-36-38(2)24-30-46(44)55(48)34-16-22-50(58)60-8/h9-14,17-20,23-24,27-32,35-36,47H,15-16,21-22,25-26,33-34H2,1-8H3/b31-27+,40-28+,48-32+. The van der Waals surface area contributed by atoms with Crippen molar-refractivity contribution >= 4 is 34.7 Å². The van der Waals surface area contributed by atoms with Crippen LogP contribution in [0.5, 0.6) is 0 Å². The van der Waals surface area contributed by atoms with Crippen molar-refractivity contribution < 1.29 is 19.1 Å². The number of allylic oxidation sites excluding steroid dienone is 6. The Balaban J connectivity index is 1.35. The third kappa shape index (κ3) is 8.45. The van der Waals surface area contributed by atoms with E-state index in [4.69, 9.17) is 9.47 Å². The first-order chi connectivity index (χ1) is 28.8. The van der Waals surface area contributed by atoms with E-state index in [2.05, 4.69) is 178 Å². The Morgan fingerprint density at radius 2 is 1.28 bits per heavy atom. The molecule has 1 unspecified atom stereocenters. The number of hydrogen-bond acceptors (Lipinski definition) is 7. The highest BCUT2D eigenvalue weighted by atomic mass is 16.5. The van der Waals surface area contributed by atoms with Crippen molar-refractivity contribution in [2.75, 3.05) is 42.0 Å². The van der Waals surface area contributed by atoms with Gasteiger partial charge in [0.15, 0.2) is 0 Å². The number of para-hydroxylation sites is 2. The first-order valence-electron chi connectivity index (χ1n) is 21.5. The summed E-state index contributed by atoms with van der Waals surface area (Å²) >= 11 is 0. The van der Waals surface area contributed by atoms with Gasteiger partial charge in [-0.05, 0) is 104 Å². The smallest absolute Gasteiger partial charge is 0.305 e. The van der Waals surface area contributed by atoms with Crippen LogP contribution >= 0.6 is 0 Å². The summed E-state index contributed by atoms with van der Waals surface area (Å²) in [6, 6.07) is 35.0. The molecule has 2 heterocycles. The summed E-state index contributed by atoms with van der Waals surface area (Å²) in [5, 5.41) is 0. The molecule has 0 spiro atoms. The van der Waals surface area contributed by atoms with Crippen LogP contribution in [0.4, 0.5) is 22.7 Å². The molecule has 0 bridgehead atoms. The summed E-state index contributed by atoms with van der Waals surface area (Å²) in [6.45, 7) is 15.1. The van der Waals surface area contributed by atoms with Crippen molar-refractivity contribution in [2.45, 2.75) is 96.9 Å². The van der Waals surface area contributed by atoms with Crippen LogP contribution in [0.3, 0.4) is 0 Å². The number of methoxy groups -OCH3 is 2. The lowest BCUT2D eigenvalue weighted by Gasteiger charge is -2.33. The Bertz CT molecular complexity index is 2300.